The van der Waals surface area contributed by atoms with Crippen molar-refractivity contribution in [3.05, 3.63) is 63.1 Å². The molecule has 1 aliphatic heterocycles. The molecule has 5 nitrogen and oxygen atoms in total. The number of hydrogen-bond donors (Lipinski definition) is 0. The number of alkyl halides is 3. The lowest BCUT2D eigenvalue weighted by atomic mass is 10.0. The van der Waals surface area contributed by atoms with Crippen molar-refractivity contribution in [2.75, 3.05) is 24.2 Å². The van der Waals surface area contributed by atoms with Gasteiger partial charge >= 0.3 is 6.18 Å². The van der Waals surface area contributed by atoms with Gasteiger partial charge in [-0.2, -0.15) is 18.4 Å². The number of halogens is 5. The molecule has 0 unspecified atom stereocenters. The molecule has 0 aliphatic carbocycles. The van der Waals surface area contributed by atoms with Gasteiger partial charge in [-0.3, -0.25) is 0 Å². The smallest absolute Gasteiger partial charge is 0.363 e. The number of rotatable bonds is 5. The van der Waals surface area contributed by atoms with Gasteiger partial charge in [-0.25, -0.2) is 12.7 Å². The topological polar surface area (TPSA) is 64.4 Å². The Labute approximate surface area is 188 Å². The second kappa shape index (κ2) is 8.87. The molecule has 31 heavy (non-hydrogen) atoms. The van der Waals surface area contributed by atoms with Crippen LogP contribution in [0.1, 0.15) is 23.1 Å². The van der Waals surface area contributed by atoms with Crippen molar-refractivity contribution in [3.8, 4) is 6.07 Å². The van der Waals surface area contributed by atoms with E-state index < -0.39 is 27.8 Å². The van der Waals surface area contributed by atoms with Crippen LogP contribution in [-0.2, 0) is 22.7 Å². The van der Waals surface area contributed by atoms with Crippen LogP contribution in [0.15, 0.2) is 36.4 Å². The van der Waals surface area contributed by atoms with Crippen molar-refractivity contribution in [3.63, 3.8) is 0 Å². The van der Waals surface area contributed by atoms with Crippen LogP contribution in [-0.4, -0.2) is 38.1 Å². The molecule has 11 heteroatoms. The highest BCUT2D eigenvalue weighted by Gasteiger charge is 2.36. The molecule has 0 spiro atoms. The van der Waals surface area contributed by atoms with Gasteiger partial charge in [-0.1, -0.05) is 23.2 Å². The van der Waals surface area contributed by atoms with E-state index >= 15 is 0 Å². The molecule has 0 radical (unpaired) electrons. The second-order valence-electron chi connectivity index (χ2n) is 7.27. The largest absolute Gasteiger partial charge is 0.416 e. The van der Waals surface area contributed by atoms with Crippen LogP contribution in [0.5, 0.6) is 0 Å². The van der Waals surface area contributed by atoms with E-state index in [-0.39, 0.29) is 40.8 Å². The first-order chi connectivity index (χ1) is 14.4. The van der Waals surface area contributed by atoms with Gasteiger partial charge in [0, 0.05) is 36.4 Å². The van der Waals surface area contributed by atoms with E-state index in [1.54, 1.807) is 11.0 Å². The van der Waals surface area contributed by atoms with Crippen molar-refractivity contribution < 1.29 is 21.6 Å². The number of nitrogens with zero attached hydrogens (tertiary/aromatic N) is 3. The maximum atomic E-state index is 13.6. The molecule has 1 saturated heterocycles. The Morgan fingerprint density at radius 2 is 1.94 bits per heavy atom. The zero-order valence-electron chi connectivity index (χ0n) is 16.3. The second-order valence-corrected chi connectivity index (χ2v) is 10.1. The Hall–Kier alpha value is -1.99. The third-order valence-electron chi connectivity index (χ3n) is 5.15. The Bertz CT molecular complexity index is 1130. The summed E-state index contributed by atoms with van der Waals surface area (Å²) in [6.07, 6.45) is -3.06. The van der Waals surface area contributed by atoms with Gasteiger partial charge in [0.2, 0.25) is 10.0 Å². The number of nitriles is 1. The van der Waals surface area contributed by atoms with Crippen LogP contribution in [0.3, 0.4) is 0 Å². The zero-order valence-corrected chi connectivity index (χ0v) is 18.7. The van der Waals surface area contributed by atoms with Gasteiger partial charge in [0.15, 0.2) is 0 Å². The van der Waals surface area contributed by atoms with Gasteiger partial charge in [-0.15, -0.1) is 0 Å². The van der Waals surface area contributed by atoms with Crippen LogP contribution in [0.2, 0.25) is 10.0 Å². The molecule has 0 N–H and O–H groups in total. The fraction of sp³-hybridized carbons (Fsp3) is 0.350. The van der Waals surface area contributed by atoms with Gasteiger partial charge in [0.05, 0.1) is 22.4 Å². The fourth-order valence-electron chi connectivity index (χ4n) is 3.62. The molecule has 1 fully saturated rings. The van der Waals surface area contributed by atoms with E-state index in [1.165, 1.54) is 28.6 Å². The molecule has 1 atom stereocenters. The van der Waals surface area contributed by atoms with E-state index in [0.29, 0.717) is 12.1 Å². The summed E-state index contributed by atoms with van der Waals surface area (Å²) < 4.78 is 65.9. The summed E-state index contributed by atoms with van der Waals surface area (Å²) in [5.41, 5.74) is -0.149. The van der Waals surface area contributed by atoms with E-state index in [1.807, 2.05) is 6.07 Å². The summed E-state index contributed by atoms with van der Waals surface area (Å²) in [5, 5.41) is 9.43. The first-order valence-corrected chi connectivity index (χ1v) is 11.8. The first-order valence-electron chi connectivity index (χ1n) is 9.17. The third-order valence-corrected chi connectivity index (χ3v) is 6.97. The quantitative estimate of drug-likeness (QED) is 0.594. The highest BCUT2D eigenvalue weighted by atomic mass is 35.5. The van der Waals surface area contributed by atoms with E-state index in [4.69, 9.17) is 28.5 Å². The summed E-state index contributed by atoms with van der Waals surface area (Å²) in [4.78, 5) is 1.68. The summed E-state index contributed by atoms with van der Waals surface area (Å²) in [7, 11) is -3.44. The number of sulfonamides is 1. The van der Waals surface area contributed by atoms with Crippen molar-refractivity contribution in [1.29, 1.82) is 5.26 Å². The number of benzene rings is 2. The predicted octanol–water partition coefficient (Wildman–Crippen LogP) is 4.92. The molecule has 0 aromatic heterocycles. The normalized spacial score (nSPS) is 17.5. The molecule has 0 bridgehead atoms. The Morgan fingerprint density at radius 1 is 1.23 bits per heavy atom. The van der Waals surface area contributed by atoms with Crippen LogP contribution in [0.4, 0.5) is 18.9 Å². The Kier molecular flexibility index (Phi) is 6.77. The molecule has 2 aromatic carbocycles. The molecule has 1 heterocycles. The molecule has 166 valence electrons. The maximum absolute atomic E-state index is 13.6. The van der Waals surface area contributed by atoms with Crippen molar-refractivity contribution in [2.45, 2.75) is 25.2 Å². The Morgan fingerprint density at radius 3 is 2.48 bits per heavy atom. The maximum Gasteiger partial charge on any atom is 0.416 e. The fourth-order valence-corrected chi connectivity index (χ4v) is 4.92. The average molecular weight is 492 g/mol. The van der Waals surface area contributed by atoms with Crippen molar-refractivity contribution in [1.82, 2.24) is 4.31 Å². The molecular weight excluding hydrogens is 474 g/mol. The van der Waals surface area contributed by atoms with Gasteiger partial charge in [0.1, 0.15) is 6.07 Å². The zero-order chi connectivity index (χ0) is 23.0. The lowest BCUT2D eigenvalue weighted by Crippen LogP contribution is -2.39. The van der Waals surface area contributed by atoms with E-state index in [9.17, 15) is 21.6 Å². The summed E-state index contributed by atoms with van der Waals surface area (Å²) in [6, 6.07) is 9.49. The number of anilines is 1. The van der Waals surface area contributed by atoms with E-state index in [0.717, 1.165) is 12.3 Å². The molecular formula is C20H18Cl2F3N3O2S. The molecule has 3 rings (SSSR count). The van der Waals surface area contributed by atoms with E-state index in [2.05, 4.69) is 0 Å². The molecule has 2 aromatic rings. The molecule has 1 aliphatic rings. The van der Waals surface area contributed by atoms with Gasteiger partial charge in [-0.05, 0) is 48.4 Å². The van der Waals surface area contributed by atoms with Crippen LogP contribution in [0.25, 0.3) is 0 Å². The SMILES string of the molecule is CS(=O)(=O)N1CC[C@H](N(Cc2cc(Cl)ccc2C(F)(F)F)c2ccc(C#N)c(Cl)c2)C1. The molecule has 0 saturated carbocycles. The van der Waals surface area contributed by atoms with Gasteiger partial charge < -0.3 is 4.90 Å². The van der Waals surface area contributed by atoms with Crippen molar-refractivity contribution in [2.24, 2.45) is 0 Å². The van der Waals surface area contributed by atoms with Crippen molar-refractivity contribution >= 4 is 38.9 Å². The Balaban J connectivity index is 2.05. The highest BCUT2D eigenvalue weighted by molar-refractivity contribution is 7.88. The third kappa shape index (κ3) is 5.44. The average Bonchev–Trinajstić information content (AvgIpc) is 3.15. The minimum Gasteiger partial charge on any atom is -0.363 e. The number of hydrogen-bond acceptors (Lipinski definition) is 4. The summed E-state index contributed by atoms with van der Waals surface area (Å²) >= 11 is 12.1. The minimum atomic E-state index is -4.58. The standard InChI is InChI=1S/C20H18Cl2F3N3O2S/c1-31(29,30)27-7-6-17(12-27)28(16-4-2-13(10-26)19(22)9-16)11-14-8-15(21)3-5-18(14)20(23,24)25/h2-5,8-9,17H,6-7,11-12H2,1H3/t17-/m0/s1. The first kappa shape index (κ1) is 23.7. The lowest BCUT2D eigenvalue weighted by Gasteiger charge is -2.32. The molecule has 0 amide bonds. The summed E-state index contributed by atoms with van der Waals surface area (Å²) in [5.74, 6) is 0. The van der Waals surface area contributed by atoms with Crippen LogP contribution < -0.4 is 4.90 Å². The lowest BCUT2D eigenvalue weighted by molar-refractivity contribution is -0.138. The monoisotopic (exact) mass is 491 g/mol. The van der Waals surface area contributed by atoms with Crippen LogP contribution in [0, 0.1) is 11.3 Å². The minimum absolute atomic E-state index is 0.0433. The summed E-state index contributed by atoms with van der Waals surface area (Å²) in [6.45, 7) is 0.212. The van der Waals surface area contributed by atoms with Gasteiger partial charge in [0.25, 0.3) is 0 Å². The van der Waals surface area contributed by atoms with Crippen LogP contribution >= 0.6 is 23.2 Å². The predicted molar refractivity (Wildman–Crippen MR) is 114 cm³/mol. The highest BCUT2D eigenvalue weighted by Crippen LogP contribution is 2.36.